The Kier molecular flexibility index (Phi) is 9.17. The molecule has 1 heterocycles. The minimum Gasteiger partial charge on any atom is -0.481 e. The summed E-state index contributed by atoms with van der Waals surface area (Å²) in [5, 5.41) is 22.8. The monoisotopic (exact) mass is 429 g/mol. The van der Waals surface area contributed by atoms with Crippen molar-refractivity contribution in [3.8, 4) is 0 Å². The third-order valence-electron chi connectivity index (χ3n) is 4.60. The number of carboxylic acids is 2. The van der Waals surface area contributed by atoms with Gasteiger partial charge in [-0.25, -0.2) is 4.79 Å². The summed E-state index contributed by atoms with van der Waals surface area (Å²) in [6, 6.07) is -4.86. The van der Waals surface area contributed by atoms with Crippen LogP contribution in [0.25, 0.3) is 0 Å². The zero-order valence-corrected chi connectivity index (χ0v) is 16.5. The second-order valence-corrected chi connectivity index (χ2v) is 7.03. The lowest BCUT2D eigenvalue weighted by atomic mass is 10.1. The van der Waals surface area contributed by atoms with Gasteiger partial charge in [-0.3, -0.25) is 24.0 Å². The van der Waals surface area contributed by atoms with Gasteiger partial charge in [0.2, 0.25) is 23.6 Å². The maximum atomic E-state index is 12.7. The van der Waals surface area contributed by atoms with E-state index in [1.165, 1.54) is 6.92 Å². The molecule has 168 valence electrons. The lowest BCUT2D eigenvalue weighted by molar-refractivity contribution is -0.150. The Hall–Kier alpha value is -3.22. The maximum Gasteiger partial charge on any atom is 0.326 e. The maximum absolute atomic E-state index is 12.7. The van der Waals surface area contributed by atoms with Crippen LogP contribution in [0.4, 0.5) is 0 Å². The predicted octanol–water partition coefficient (Wildman–Crippen LogP) is -2.88. The zero-order chi connectivity index (χ0) is 23.0. The Bertz CT molecular complexity index is 712. The van der Waals surface area contributed by atoms with Gasteiger partial charge in [-0.15, -0.1) is 0 Å². The Labute approximate surface area is 172 Å². The molecule has 4 amide bonds. The van der Waals surface area contributed by atoms with Gasteiger partial charge in [0.1, 0.15) is 18.1 Å². The number of nitrogens with one attached hydrogen (secondary N) is 2. The van der Waals surface area contributed by atoms with Crippen molar-refractivity contribution in [3.05, 3.63) is 0 Å². The van der Waals surface area contributed by atoms with Crippen LogP contribution in [-0.2, 0) is 28.8 Å². The van der Waals surface area contributed by atoms with Crippen LogP contribution in [0.1, 0.15) is 39.0 Å². The SMILES string of the molecule is CC(NC(=O)C(N)CCC(N)=O)C(=O)NC(CC(=O)O)C(=O)N1CCCC1C(=O)O. The molecule has 1 fully saturated rings. The molecule has 4 unspecified atom stereocenters. The van der Waals surface area contributed by atoms with Crippen LogP contribution in [0.3, 0.4) is 0 Å². The molecular formula is C17H27N5O8. The van der Waals surface area contributed by atoms with Gasteiger partial charge in [0.05, 0.1) is 12.5 Å². The van der Waals surface area contributed by atoms with Crippen molar-refractivity contribution >= 4 is 35.6 Å². The van der Waals surface area contributed by atoms with E-state index in [-0.39, 0.29) is 25.8 Å². The number of carbonyl (C=O) groups is 6. The van der Waals surface area contributed by atoms with Crippen molar-refractivity contribution in [1.29, 1.82) is 0 Å². The van der Waals surface area contributed by atoms with Crippen LogP contribution in [0, 0.1) is 0 Å². The van der Waals surface area contributed by atoms with Crippen molar-refractivity contribution in [3.63, 3.8) is 0 Å². The smallest absolute Gasteiger partial charge is 0.326 e. The van der Waals surface area contributed by atoms with E-state index in [2.05, 4.69) is 10.6 Å². The minimum atomic E-state index is -1.50. The van der Waals surface area contributed by atoms with Gasteiger partial charge in [0.15, 0.2) is 0 Å². The highest BCUT2D eigenvalue weighted by atomic mass is 16.4. The fourth-order valence-electron chi connectivity index (χ4n) is 2.97. The van der Waals surface area contributed by atoms with Crippen molar-refractivity contribution in [2.45, 2.75) is 63.2 Å². The number of carbonyl (C=O) groups excluding carboxylic acids is 4. The average Bonchev–Trinajstić information content (AvgIpc) is 3.14. The third kappa shape index (κ3) is 7.31. The molecule has 0 aromatic rings. The number of primary amides is 1. The summed E-state index contributed by atoms with van der Waals surface area (Å²) in [7, 11) is 0. The fraction of sp³-hybridized carbons (Fsp3) is 0.647. The zero-order valence-electron chi connectivity index (χ0n) is 16.5. The van der Waals surface area contributed by atoms with Gasteiger partial charge in [-0.2, -0.15) is 0 Å². The second-order valence-electron chi connectivity index (χ2n) is 7.03. The molecule has 8 N–H and O–H groups in total. The standard InChI is InChI=1S/C17H27N5O8/c1-8(20-15(27)9(18)4-5-12(19)23)14(26)21-10(7-13(24)25)16(28)22-6-2-3-11(22)17(29)30/h8-11H,2-7,18H2,1H3,(H2,19,23)(H,20,27)(H,21,26)(H,24,25)(H,29,30). The number of rotatable bonds is 11. The van der Waals surface area contributed by atoms with Crippen LogP contribution in [0.5, 0.6) is 0 Å². The molecule has 0 spiro atoms. The highest BCUT2D eigenvalue weighted by molar-refractivity contribution is 5.95. The molecule has 1 aliphatic heterocycles. The van der Waals surface area contributed by atoms with E-state index in [1.54, 1.807) is 0 Å². The van der Waals surface area contributed by atoms with Crippen LogP contribution >= 0.6 is 0 Å². The van der Waals surface area contributed by atoms with Crippen LogP contribution in [-0.4, -0.2) is 81.4 Å². The summed E-state index contributed by atoms with van der Waals surface area (Å²) >= 11 is 0. The van der Waals surface area contributed by atoms with Crippen molar-refractivity contribution in [2.24, 2.45) is 11.5 Å². The molecule has 4 atom stereocenters. The van der Waals surface area contributed by atoms with Crippen molar-refractivity contribution in [2.75, 3.05) is 6.54 Å². The lowest BCUT2D eigenvalue weighted by Crippen LogP contribution is -2.56. The number of likely N-dealkylation sites (tertiary alicyclic amines) is 1. The Morgan fingerprint density at radius 2 is 1.73 bits per heavy atom. The van der Waals surface area contributed by atoms with Crippen molar-refractivity contribution < 1.29 is 39.0 Å². The van der Waals surface area contributed by atoms with Gasteiger partial charge >= 0.3 is 11.9 Å². The summed E-state index contributed by atoms with van der Waals surface area (Å²) in [6.45, 7) is 1.43. The van der Waals surface area contributed by atoms with Gasteiger partial charge < -0.3 is 37.2 Å². The first-order valence-electron chi connectivity index (χ1n) is 9.33. The topological polar surface area (TPSA) is 222 Å². The average molecular weight is 429 g/mol. The van der Waals surface area contributed by atoms with E-state index in [9.17, 15) is 33.9 Å². The lowest BCUT2D eigenvalue weighted by Gasteiger charge is -2.27. The van der Waals surface area contributed by atoms with E-state index in [4.69, 9.17) is 16.6 Å². The number of hydrogen-bond donors (Lipinski definition) is 6. The van der Waals surface area contributed by atoms with Gasteiger partial charge in [0.25, 0.3) is 0 Å². The van der Waals surface area contributed by atoms with E-state index in [0.29, 0.717) is 6.42 Å². The molecule has 1 rings (SSSR count). The predicted molar refractivity (Wildman–Crippen MR) is 101 cm³/mol. The molecule has 13 heteroatoms. The number of hydrogen-bond acceptors (Lipinski definition) is 7. The summed E-state index contributed by atoms with van der Waals surface area (Å²) in [5.74, 6) is -5.63. The first kappa shape index (κ1) is 24.8. The van der Waals surface area contributed by atoms with E-state index in [1.807, 2.05) is 0 Å². The molecule has 1 saturated heterocycles. The molecule has 13 nitrogen and oxygen atoms in total. The highest BCUT2D eigenvalue weighted by Gasteiger charge is 2.38. The molecule has 0 aromatic heterocycles. The van der Waals surface area contributed by atoms with Crippen LogP contribution in [0.2, 0.25) is 0 Å². The first-order valence-corrected chi connectivity index (χ1v) is 9.33. The van der Waals surface area contributed by atoms with Gasteiger partial charge in [0, 0.05) is 13.0 Å². The highest BCUT2D eigenvalue weighted by Crippen LogP contribution is 2.19. The normalized spacial score (nSPS) is 18.7. The molecular weight excluding hydrogens is 402 g/mol. The molecule has 0 radical (unpaired) electrons. The Balaban J connectivity index is 2.77. The number of nitrogens with two attached hydrogens (primary N) is 2. The van der Waals surface area contributed by atoms with Gasteiger partial charge in [-0.05, 0) is 26.2 Å². The molecule has 1 aliphatic rings. The fourth-order valence-corrected chi connectivity index (χ4v) is 2.97. The van der Waals surface area contributed by atoms with Crippen LogP contribution in [0.15, 0.2) is 0 Å². The van der Waals surface area contributed by atoms with Crippen molar-refractivity contribution in [1.82, 2.24) is 15.5 Å². The largest absolute Gasteiger partial charge is 0.481 e. The quantitative estimate of drug-likeness (QED) is 0.198. The Morgan fingerprint density at radius 1 is 1.10 bits per heavy atom. The third-order valence-corrected chi connectivity index (χ3v) is 4.60. The second kappa shape index (κ2) is 11.1. The molecule has 30 heavy (non-hydrogen) atoms. The Morgan fingerprint density at radius 3 is 2.27 bits per heavy atom. The number of nitrogens with zero attached hydrogens (tertiary/aromatic N) is 1. The number of amides is 4. The summed E-state index contributed by atoms with van der Waals surface area (Å²) < 4.78 is 0. The van der Waals surface area contributed by atoms with E-state index < -0.39 is 66.2 Å². The van der Waals surface area contributed by atoms with Gasteiger partial charge in [-0.1, -0.05) is 0 Å². The van der Waals surface area contributed by atoms with E-state index in [0.717, 1.165) is 4.90 Å². The minimum absolute atomic E-state index is 0.0266. The molecule has 0 bridgehead atoms. The first-order chi connectivity index (χ1) is 13.9. The molecule has 0 aliphatic carbocycles. The number of carboxylic acid groups (broad SMARTS) is 2. The summed E-state index contributed by atoms with van der Waals surface area (Å²) in [4.78, 5) is 71.2. The number of aliphatic carboxylic acids is 2. The molecule has 0 saturated carbocycles. The van der Waals surface area contributed by atoms with E-state index >= 15 is 0 Å². The summed E-state index contributed by atoms with van der Waals surface area (Å²) in [6.07, 6.45) is -0.241. The summed E-state index contributed by atoms with van der Waals surface area (Å²) in [5.41, 5.74) is 10.6. The molecule has 0 aromatic carbocycles. The van der Waals surface area contributed by atoms with Crippen LogP contribution < -0.4 is 22.1 Å².